The van der Waals surface area contributed by atoms with E-state index in [4.69, 9.17) is 5.11 Å². The molecule has 1 aliphatic carbocycles. The van der Waals surface area contributed by atoms with Crippen molar-refractivity contribution in [3.63, 3.8) is 0 Å². The maximum atomic E-state index is 12.6. The van der Waals surface area contributed by atoms with Crippen molar-refractivity contribution in [2.75, 3.05) is 19.7 Å². The van der Waals surface area contributed by atoms with Crippen molar-refractivity contribution in [1.82, 2.24) is 10.2 Å². The number of hydrogen-bond donors (Lipinski definition) is 2. The number of carbonyl (C=O) groups is 1. The number of amides is 1. The van der Waals surface area contributed by atoms with E-state index in [1.807, 2.05) is 0 Å². The molecule has 1 aliphatic heterocycles. The maximum absolute atomic E-state index is 12.6. The van der Waals surface area contributed by atoms with E-state index < -0.39 is 18.1 Å². The summed E-state index contributed by atoms with van der Waals surface area (Å²) in [4.78, 5) is 14.2. The number of aliphatic hydroxyl groups is 1. The van der Waals surface area contributed by atoms with Crippen LogP contribution in [0, 0.1) is 5.92 Å². The topological polar surface area (TPSA) is 52.6 Å². The van der Waals surface area contributed by atoms with Crippen molar-refractivity contribution in [2.24, 2.45) is 5.92 Å². The van der Waals surface area contributed by atoms with Crippen LogP contribution in [0.3, 0.4) is 0 Å². The lowest BCUT2D eigenvalue weighted by atomic mass is 9.93. The molecule has 4 nitrogen and oxygen atoms in total. The van der Waals surface area contributed by atoms with Crippen molar-refractivity contribution >= 4 is 5.91 Å². The van der Waals surface area contributed by atoms with Gasteiger partial charge in [0, 0.05) is 19.1 Å². The lowest BCUT2D eigenvalue weighted by Gasteiger charge is -2.36. The molecule has 0 aromatic carbocycles. The third kappa shape index (κ3) is 4.10. The molecule has 1 saturated heterocycles. The lowest BCUT2D eigenvalue weighted by Crippen LogP contribution is -2.54. The molecule has 1 heterocycles. The highest BCUT2D eigenvalue weighted by molar-refractivity contribution is 5.82. The molecule has 7 heteroatoms. The minimum atomic E-state index is -4.20. The molecule has 2 unspecified atom stereocenters. The third-order valence-corrected chi connectivity index (χ3v) is 4.56. The predicted octanol–water partition coefficient (Wildman–Crippen LogP) is 1.68. The second-order valence-corrected chi connectivity index (χ2v) is 5.97. The number of aliphatic hydroxyl groups excluding tert-OH is 1. The number of carbonyl (C=O) groups excluding carboxylic acids is 1. The first-order valence-electron chi connectivity index (χ1n) is 7.65. The first-order valence-corrected chi connectivity index (χ1v) is 7.65. The fourth-order valence-corrected chi connectivity index (χ4v) is 3.34. The van der Waals surface area contributed by atoms with Crippen LogP contribution in [0.15, 0.2) is 0 Å². The zero-order valence-electron chi connectivity index (χ0n) is 12.0. The standard InChI is InChI=1S/C14H23F3N2O2/c15-14(16,17)10-5-6-12(18-9-10)13(21)19(7-8-20)11-3-1-2-4-11/h10-12,18,20H,1-9H2. The summed E-state index contributed by atoms with van der Waals surface area (Å²) in [5.41, 5.74) is 0. The summed E-state index contributed by atoms with van der Waals surface area (Å²) in [5, 5.41) is 11.9. The minimum absolute atomic E-state index is 0.00939. The molecule has 122 valence electrons. The van der Waals surface area contributed by atoms with Gasteiger partial charge in [-0.3, -0.25) is 4.79 Å². The molecule has 2 rings (SSSR count). The molecule has 0 radical (unpaired) electrons. The molecule has 2 aliphatic rings. The minimum Gasteiger partial charge on any atom is -0.395 e. The first-order chi connectivity index (χ1) is 9.93. The number of halogens is 3. The van der Waals surface area contributed by atoms with Crippen molar-refractivity contribution in [3.8, 4) is 0 Å². The van der Waals surface area contributed by atoms with E-state index >= 15 is 0 Å². The Labute approximate surface area is 122 Å². The fraction of sp³-hybridized carbons (Fsp3) is 0.929. The SMILES string of the molecule is O=C(C1CCC(C(F)(F)F)CN1)N(CCO)C1CCCC1. The van der Waals surface area contributed by atoms with Crippen LogP contribution in [0.5, 0.6) is 0 Å². The van der Waals surface area contributed by atoms with Crippen LogP contribution in [-0.4, -0.2) is 53.9 Å². The highest BCUT2D eigenvalue weighted by Crippen LogP contribution is 2.32. The van der Waals surface area contributed by atoms with Gasteiger partial charge >= 0.3 is 6.18 Å². The molecular formula is C14H23F3N2O2. The third-order valence-electron chi connectivity index (χ3n) is 4.56. The maximum Gasteiger partial charge on any atom is 0.393 e. The summed E-state index contributed by atoms with van der Waals surface area (Å²) < 4.78 is 37.9. The van der Waals surface area contributed by atoms with Crippen LogP contribution >= 0.6 is 0 Å². The van der Waals surface area contributed by atoms with Gasteiger partial charge in [-0.05, 0) is 25.7 Å². The average Bonchev–Trinajstić information content (AvgIpc) is 2.97. The van der Waals surface area contributed by atoms with Crippen molar-refractivity contribution in [2.45, 2.75) is 56.8 Å². The Kier molecular flexibility index (Phi) is 5.48. The summed E-state index contributed by atoms with van der Waals surface area (Å²) in [5.74, 6) is -1.52. The van der Waals surface area contributed by atoms with Gasteiger partial charge in [0.05, 0.1) is 18.6 Å². The van der Waals surface area contributed by atoms with Gasteiger partial charge in [-0.1, -0.05) is 12.8 Å². The smallest absolute Gasteiger partial charge is 0.393 e. The van der Waals surface area contributed by atoms with Gasteiger partial charge in [0.1, 0.15) is 0 Å². The van der Waals surface area contributed by atoms with Crippen LogP contribution < -0.4 is 5.32 Å². The normalized spacial score (nSPS) is 27.8. The lowest BCUT2D eigenvalue weighted by molar-refractivity contribution is -0.181. The van der Waals surface area contributed by atoms with Gasteiger partial charge in [-0.2, -0.15) is 13.2 Å². The van der Waals surface area contributed by atoms with E-state index in [2.05, 4.69) is 5.32 Å². The molecule has 1 saturated carbocycles. The second kappa shape index (κ2) is 6.96. The summed E-state index contributed by atoms with van der Waals surface area (Å²) in [6, 6.07) is -0.414. The van der Waals surface area contributed by atoms with Gasteiger partial charge in [-0.15, -0.1) is 0 Å². The Morgan fingerprint density at radius 2 is 1.86 bits per heavy atom. The van der Waals surface area contributed by atoms with E-state index in [1.165, 1.54) is 0 Å². The number of hydrogen-bond acceptors (Lipinski definition) is 3. The van der Waals surface area contributed by atoms with E-state index in [-0.39, 0.29) is 44.5 Å². The van der Waals surface area contributed by atoms with E-state index in [0.717, 1.165) is 25.7 Å². The van der Waals surface area contributed by atoms with Gasteiger partial charge < -0.3 is 15.3 Å². The molecule has 21 heavy (non-hydrogen) atoms. The fourth-order valence-electron chi connectivity index (χ4n) is 3.34. The number of alkyl halides is 3. The zero-order valence-corrected chi connectivity index (χ0v) is 12.0. The Morgan fingerprint density at radius 1 is 1.19 bits per heavy atom. The summed E-state index contributed by atoms with van der Waals surface area (Å²) in [7, 11) is 0. The van der Waals surface area contributed by atoms with Crippen molar-refractivity contribution in [3.05, 3.63) is 0 Å². The van der Waals surface area contributed by atoms with Crippen molar-refractivity contribution in [1.29, 1.82) is 0 Å². The molecule has 2 N–H and O–H groups in total. The first kappa shape index (κ1) is 16.5. The van der Waals surface area contributed by atoms with Crippen LogP contribution in [0.2, 0.25) is 0 Å². The van der Waals surface area contributed by atoms with Crippen LogP contribution in [0.4, 0.5) is 13.2 Å². The van der Waals surface area contributed by atoms with Crippen LogP contribution in [-0.2, 0) is 4.79 Å². The number of nitrogens with one attached hydrogen (secondary N) is 1. The van der Waals surface area contributed by atoms with Gasteiger partial charge in [0.25, 0.3) is 0 Å². The predicted molar refractivity (Wildman–Crippen MR) is 71.6 cm³/mol. The highest BCUT2D eigenvalue weighted by atomic mass is 19.4. The molecular weight excluding hydrogens is 285 g/mol. The summed E-state index contributed by atoms with van der Waals surface area (Å²) in [6.45, 7) is -0.0396. The van der Waals surface area contributed by atoms with Gasteiger partial charge in [0.15, 0.2) is 0 Å². The monoisotopic (exact) mass is 308 g/mol. The highest BCUT2D eigenvalue weighted by Gasteiger charge is 2.43. The van der Waals surface area contributed by atoms with E-state index in [0.29, 0.717) is 0 Å². The van der Waals surface area contributed by atoms with Gasteiger partial charge in [0.2, 0.25) is 5.91 Å². The molecule has 0 spiro atoms. The number of nitrogens with zero attached hydrogens (tertiary/aromatic N) is 1. The molecule has 0 bridgehead atoms. The molecule has 2 fully saturated rings. The Bertz CT molecular complexity index is 349. The zero-order chi connectivity index (χ0) is 15.5. The van der Waals surface area contributed by atoms with Gasteiger partial charge in [-0.25, -0.2) is 0 Å². The van der Waals surface area contributed by atoms with Crippen LogP contribution in [0.1, 0.15) is 38.5 Å². The molecule has 2 atom stereocenters. The van der Waals surface area contributed by atoms with Crippen molar-refractivity contribution < 1.29 is 23.1 Å². The van der Waals surface area contributed by atoms with E-state index in [9.17, 15) is 18.0 Å². The Balaban J connectivity index is 1.92. The average molecular weight is 308 g/mol. The number of piperidine rings is 1. The summed E-state index contributed by atoms with van der Waals surface area (Å²) in [6.07, 6.45) is -0.0328. The molecule has 0 aromatic heterocycles. The van der Waals surface area contributed by atoms with Crippen LogP contribution in [0.25, 0.3) is 0 Å². The molecule has 0 aromatic rings. The Hall–Kier alpha value is -0.820. The number of rotatable bonds is 4. The molecule has 1 amide bonds. The summed E-state index contributed by atoms with van der Waals surface area (Å²) >= 11 is 0. The second-order valence-electron chi connectivity index (χ2n) is 5.97. The quantitative estimate of drug-likeness (QED) is 0.831. The largest absolute Gasteiger partial charge is 0.395 e. The van der Waals surface area contributed by atoms with E-state index in [1.54, 1.807) is 4.90 Å². The Morgan fingerprint density at radius 3 is 2.33 bits per heavy atom.